The molecule has 138 valence electrons. The summed E-state index contributed by atoms with van der Waals surface area (Å²) in [5.41, 5.74) is 5.71. The first-order valence-electron chi connectivity index (χ1n) is 9.33. The van der Waals surface area contributed by atoms with Crippen molar-refractivity contribution in [2.24, 2.45) is 0 Å². The van der Waals surface area contributed by atoms with Crippen LogP contribution >= 0.6 is 11.6 Å². The SMILES string of the molecule is CC1CN(c2ccc(Cl)cc2)c2cc(-c3ccccc3)ccc2-n2cnnc21. The first-order chi connectivity index (χ1) is 13.7. The predicted molar refractivity (Wildman–Crippen MR) is 114 cm³/mol. The van der Waals surface area contributed by atoms with Gasteiger partial charge in [0.1, 0.15) is 12.2 Å². The molecule has 3 aromatic carbocycles. The molecule has 5 rings (SSSR count). The number of halogens is 1. The van der Waals surface area contributed by atoms with E-state index in [4.69, 9.17) is 11.6 Å². The van der Waals surface area contributed by atoms with Crippen molar-refractivity contribution < 1.29 is 0 Å². The normalized spacial score (nSPS) is 15.6. The molecule has 1 unspecified atom stereocenters. The minimum Gasteiger partial charge on any atom is -0.339 e. The summed E-state index contributed by atoms with van der Waals surface area (Å²) in [6.07, 6.45) is 1.80. The van der Waals surface area contributed by atoms with Crippen LogP contribution in [0.5, 0.6) is 0 Å². The molecule has 0 amide bonds. The van der Waals surface area contributed by atoms with E-state index in [1.807, 2.05) is 18.2 Å². The van der Waals surface area contributed by atoms with Gasteiger partial charge in [0.05, 0.1) is 11.4 Å². The molecule has 1 aliphatic rings. The van der Waals surface area contributed by atoms with E-state index >= 15 is 0 Å². The van der Waals surface area contributed by atoms with E-state index in [9.17, 15) is 0 Å². The molecule has 0 N–H and O–H groups in total. The van der Waals surface area contributed by atoms with E-state index in [2.05, 4.69) is 81.2 Å². The van der Waals surface area contributed by atoms with Crippen molar-refractivity contribution in [3.63, 3.8) is 0 Å². The maximum Gasteiger partial charge on any atom is 0.142 e. The summed E-state index contributed by atoms with van der Waals surface area (Å²) in [7, 11) is 0. The number of aromatic nitrogens is 3. The highest BCUT2D eigenvalue weighted by atomic mass is 35.5. The van der Waals surface area contributed by atoms with Crippen LogP contribution in [0.15, 0.2) is 79.1 Å². The van der Waals surface area contributed by atoms with E-state index in [1.54, 1.807) is 6.33 Å². The summed E-state index contributed by atoms with van der Waals surface area (Å²) in [4.78, 5) is 2.34. The Balaban J connectivity index is 1.72. The summed E-state index contributed by atoms with van der Waals surface area (Å²) < 4.78 is 2.10. The van der Waals surface area contributed by atoms with Gasteiger partial charge in [0.2, 0.25) is 0 Å². The third-order valence-corrected chi connectivity index (χ3v) is 5.49. The van der Waals surface area contributed by atoms with Crippen LogP contribution < -0.4 is 4.90 Å². The first kappa shape index (κ1) is 17.0. The molecule has 0 aliphatic carbocycles. The fourth-order valence-electron chi connectivity index (χ4n) is 3.84. The fourth-order valence-corrected chi connectivity index (χ4v) is 3.96. The molecule has 0 bridgehead atoms. The summed E-state index contributed by atoms with van der Waals surface area (Å²) >= 11 is 6.13. The van der Waals surface area contributed by atoms with E-state index in [0.29, 0.717) is 0 Å². The summed E-state index contributed by atoms with van der Waals surface area (Å²) in [6, 6.07) is 25.0. The molecule has 1 aliphatic heterocycles. The van der Waals surface area contributed by atoms with Gasteiger partial charge in [0, 0.05) is 23.2 Å². The summed E-state index contributed by atoms with van der Waals surface area (Å²) in [5.74, 6) is 1.20. The average molecular weight is 387 g/mol. The van der Waals surface area contributed by atoms with Crippen LogP contribution in [-0.2, 0) is 0 Å². The number of fused-ring (bicyclic) bond motifs is 3. The van der Waals surface area contributed by atoms with Crippen LogP contribution in [0.25, 0.3) is 16.8 Å². The highest BCUT2D eigenvalue weighted by Crippen LogP contribution is 2.39. The Morgan fingerprint density at radius 2 is 1.68 bits per heavy atom. The number of hydrogen-bond acceptors (Lipinski definition) is 3. The van der Waals surface area contributed by atoms with Crippen molar-refractivity contribution in [3.8, 4) is 16.8 Å². The smallest absolute Gasteiger partial charge is 0.142 e. The molecule has 4 nitrogen and oxygen atoms in total. The van der Waals surface area contributed by atoms with Crippen LogP contribution in [0, 0.1) is 0 Å². The Kier molecular flexibility index (Phi) is 4.14. The number of benzene rings is 3. The Labute approximate surface area is 169 Å². The first-order valence-corrected chi connectivity index (χ1v) is 9.71. The van der Waals surface area contributed by atoms with Crippen molar-refractivity contribution in [1.82, 2.24) is 14.8 Å². The highest BCUT2D eigenvalue weighted by Gasteiger charge is 2.27. The van der Waals surface area contributed by atoms with Crippen LogP contribution in [0.1, 0.15) is 18.7 Å². The van der Waals surface area contributed by atoms with Crippen LogP contribution in [0.2, 0.25) is 5.02 Å². The van der Waals surface area contributed by atoms with E-state index in [1.165, 1.54) is 11.1 Å². The zero-order chi connectivity index (χ0) is 19.1. The van der Waals surface area contributed by atoms with Crippen molar-refractivity contribution in [2.75, 3.05) is 11.4 Å². The van der Waals surface area contributed by atoms with Crippen molar-refractivity contribution >= 4 is 23.0 Å². The molecular formula is C23H19ClN4. The van der Waals surface area contributed by atoms with Gasteiger partial charge in [0.15, 0.2) is 0 Å². The predicted octanol–water partition coefficient (Wildman–Crippen LogP) is 5.84. The lowest BCUT2D eigenvalue weighted by Crippen LogP contribution is -2.21. The van der Waals surface area contributed by atoms with E-state index in [-0.39, 0.29) is 5.92 Å². The molecule has 0 saturated carbocycles. The van der Waals surface area contributed by atoms with Gasteiger partial charge in [-0.15, -0.1) is 10.2 Å². The fraction of sp³-hybridized carbons (Fsp3) is 0.130. The second kappa shape index (κ2) is 6.80. The Bertz CT molecular complexity index is 1120. The third kappa shape index (κ3) is 2.86. The van der Waals surface area contributed by atoms with Crippen LogP contribution in [0.4, 0.5) is 11.4 Å². The van der Waals surface area contributed by atoms with Gasteiger partial charge in [-0.2, -0.15) is 0 Å². The molecule has 0 saturated heterocycles. The van der Waals surface area contributed by atoms with E-state index in [0.717, 1.165) is 34.5 Å². The molecule has 2 heterocycles. The van der Waals surface area contributed by atoms with Gasteiger partial charge in [-0.05, 0) is 47.5 Å². The molecule has 4 aromatic rings. The third-order valence-electron chi connectivity index (χ3n) is 5.24. The average Bonchev–Trinajstić information content (AvgIpc) is 3.19. The number of hydrogen-bond donors (Lipinski definition) is 0. The summed E-state index contributed by atoms with van der Waals surface area (Å²) in [6.45, 7) is 3.00. The van der Waals surface area contributed by atoms with Gasteiger partial charge in [-0.25, -0.2) is 0 Å². The maximum atomic E-state index is 6.13. The molecule has 28 heavy (non-hydrogen) atoms. The Morgan fingerprint density at radius 1 is 0.893 bits per heavy atom. The second-order valence-corrected chi connectivity index (χ2v) is 7.55. The van der Waals surface area contributed by atoms with Crippen molar-refractivity contribution in [3.05, 3.63) is 90.0 Å². The van der Waals surface area contributed by atoms with Crippen molar-refractivity contribution in [1.29, 1.82) is 0 Å². The molecular weight excluding hydrogens is 368 g/mol. The van der Waals surface area contributed by atoms with Gasteiger partial charge in [0.25, 0.3) is 0 Å². The molecule has 0 spiro atoms. The molecule has 0 radical (unpaired) electrons. The quantitative estimate of drug-likeness (QED) is 0.433. The molecule has 1 atom stereocenters. The minimum absolute atomic E-state index is 0.228. The van der Waals surface area contributed by atoms with Gasteiger partial charge >= 0.3 is 0 Å². The minimum atomic E-state index is 0.228. The lowest BCUT2D eigenvalue weighted by atomic mass is 10.0. The highest BCUT2D eigenvalue weighted by molar-refractivity contribution is 6.30. The van der Waals surface area contributed by atoms with Crippen LogP contribution in [0.3, 0.4) is 0 Å². The lowest BCUT2D eigenvalue weighted by molar-refractivity contribution is 0.697. The lowest BCUT2D eigenvalue weighted by Gasteiger charge is -2.27. The molecule has 0 fully saturated rings. The molecule has 1 aromatic heterocycles. The van der Waals surface area contributed by atoms with Gasteiger partial charge < -0.3 is 4.90 Å². The van der Waals surface area contributed by atoms with Crippen LogP contribution in [-0.4, -0.2) is 21.3 Å². The monoisotopic (exact) mass is 386 g/mol. The zero-order valence-electron chi connectivity index (χ0n) is 15.5. The van der Waals surface area contributed by atoms with Gasteiger partial charge in [-0.3, -0.25) is 4.57 Å². The number of rotatable bonds is 2. The van der Waals surface area contributed by atoms with Crippen molar-refractivity contribution in [2.45, 2.75) is 12.8 Å². The largest absolute Gasteiger partial charge is 0.339 e. The van der Waals surface area contributed by atoms with Gasteiger partial charge in [-0.1, -0.05) is 54.9 Å². The Hall–Kier alpha value is -3.11. The topological polar surface area (TPSA) is 34.0 Å². The number of anilines is 2. The number of nitrogens with zero attached hydrogens (tertiary/aromatic N) is 4. The Morgan fingerprint density at radius 3 is 2.46 bits per heavy atom. The second-order valence-electron chi connectivity index (χ2n) is 7.12. The standard InChI is InChI=1S/C23H19ClN4/c1-16-14-27(20-10-8-19(24)9-11-20)22-13-18(17-5-3-2-4-6-17)7-12-21(22)28-15-25-26-23(16)28/h2-13,15-16H,14H2,1H3. The zero-order valence-corrected chi connectivity index (χ0v) is 16.2. The summed E-state index contributed by atoms with van der Waals surface area (Å²) in [5, 5.41) is 9.28. The maximum absolute atomic E-state index is 6.13. The molecule has 5 heteroatoms. The van der Waals surface area contributed by atoms with E-state index < -0.39 is 0 Å².